The monoisotopic (exact) mass is 462 g/mol. The Kier molecular flexibility index (Phi) is 7.26. The summed E-state index contributed by atoms with van der Waals surface area (Å²) in [5.74, 6) is 0.760. The lowest BCUT2D eigenvalue weighted by atomic mass is 9.53. The summed E-state index contributed by atoms with van der Waals surface area (Å²) in [5.41, 5.74) is 5.35. The molecule has 1 aliphatic heterocycles. The van der Waals surface area contributed by atoms with Crippen LogP contribution in [-0.2, 0) is 23.9 Å². The molecule has 0 spiro atoms. The highest BCUT2D eigenvalue weighted by atomic mass is 16.5. The molecule has 0 unspecified atom stereocenters. The highest BCUT2D eigenvalue weighted by Gasteiger charge is 2.52. The zero-order valence-corrected chi connectivity index (χ0v) is 19.6. The molecule has 5 fully saturated rings. The first kappa shape index (κ1) is 24.0. The largest absolute Gasteiger partial charge is 0.469 e. The van der Waals surface area contributed by atoms with Crippen LogP contribution < -0.4 is 16.4 Å². The molecular formula is C24H38N4O5. The normalized spacial score (nSPS) is 33.3. The summed E-state index contributed by atoms with van der Waals surface area (Å²) in [6.07, 6.45) is 9.21. The maximum Gasteiger partial charge on any atom is 0.305 e. The third-order valence-electron chi connectivity index (χ3n) is 8.22. The Bertz CT molecular complexity index is 750. The van der Waals surface area contributed by atoms with Crippen LogP contribution in [0, 0.1) is 17.8 Å². The highest BCUT2D eigenvalue weighted by molar-refractivity contribution is 5.93. The molecule has 4 aliphatic carbocycles. The van der Waals surface area contributed by atoms with E-state index < -0.39 is 18.1 Å². The van der Waals surface area contributed by atoms with Crippen molar-refractivity contribution < 1.29 is 23.9 Å². The van der Waals surface area contributed by atoms with Gasteiger partial charge < -0.3 is 26.0 Å². The van der Waals surface area contributed by atoms with Crippen LogP contribution in [0.2, 0.25) is 0 Å². The van der Waals surface area contributed by atoms with Gasteiger partial charge in [0.1, 0.15) is 12.1 Å². The first-order valence-corrected chi connectivity index (χ1v) is 12.5. The van der Waals surface area contributed by atoms with E-state index in [4.69, 9.17) is 10.5 Å². The molecule has 2 atom stereocenters. The first-order chi connectivity index (χ1) is 15.8. The Morgan fingerprint density at radius 1 is 1.06 bits per heavy atom. The van der Waals surface area contributed by atoms with Gasteiger partial charge in [0.25, 0.3) is 0 Å². The molecule has 9 heteroatoms. The molecule has 9 nitrogen and oxygen atoms in total. The average Bonchev–Trinajstić information content (AvgIpc) is 2.79. The minimum atomic E-state index is -0.846. The zero-order chi connectivity index (χ0) is 23.6. The maximum absolute atomic E-state index is 13.4. The lowest BCUT2D eigenvalue weighted by Crippen LogP contribution is -2.63. The van der Waals surface area contributed by atoms with Gasteiger partial charge in [-0.3, -0.25) is 19.2 Å². The predicted octanol–water partition coefficient (Wildman–Crippen LogP) is 0.849. The Labute approximate surface area is 195 Å². The van der Waals surface area contributed by atoms with E-state index in [1.54, 1.807) is 0 Å². The van der Waals surface area contributed by atoms with Crippen LogP contribution in [0.3, 0.4) is 0 Å². The Hall–Kier alpha value is -2.16. The van der Waals surface area contributed by atoms with Crippen LogP contribution in [0.25, 0.3) is 0 Å². The van der Waals surface area contributed by atoms with Gasteiger partial charge >= 0.3 is 5.97 Å². The van der Waals surface area contributed by atoms with E-state index in [-0.39, 0.29) is 42.6 Å². The number of hydrogen-bond donors (Lipinski definition) is 3. The topological polar surface area (TPSA) is 131 Å². The molecule has 4 saturated carbocycles. The lowest BCUT2D eigenvalue weighted by molar-refractivity contribution is -0.143. The van der Waals surface area contributed by atoms with Crippen molar-refractivity contribution in [3.63, 3.8) is 0 Å². The van der Waals surface area contributed by atoms with Crippen molar-refractivity contribution in [2.45, 2.75) is 88.3 Å². The molecule has 33 heavy (non-hydrogen) atoms. The second-order valence-electron chi connectivity index (χ2n) is 10.7. The SMILES string of the molecule is COC(=O)CC[C@H](NC(=O)[C@@H]1CCCCN1C(=O)CN)C(=O)NC12CC3CC(CC(C3)C1)C2. The van der Waals surface area contributed by atoms with Gasteiger partial charge in [-0.05, 0) is 82.0 Å². The van der Waals surface area contributed by atoms with Gasteiger partial charge in [0, 0.05) is 18.5 Å². The van der Waals surface area contributed by atoms with E-state index in [9.17, 15) is 19.2 Å². The predicted molar refractivity (Wildman–Crippen MR) is 121 cm³/mol. The van der Waals surface area contributed by atoms with E-state index in [1.807, 2.05) is 0 Å². The number of nitrogens with zero attached hydrogens (tertiary/aromatic N) is 1. The fraction of sp³-hybridized carbons (Fsp3) is 0.833. The fourth-order valence-corrected chi connectivity index (χ4v) is 7.13. The summed E-state index contributed by atoms with van der Waals surface area (Å²) in [4.78, 5) is 52.2. The van der Waals surface area contributed by atoms with E-state index in [0.29, 0.717) is 30.7 Å². The molecule has 4 N–H and O–H groups in total. The molecular weight excluding hydrogens is 424 g/mol. The maximum atomic E-state index is 13.4. The molecule has 0 radical (unpaired) electrons. The Morgan fingerprint density at radius 2 is 1.70 bits per heavy atom. The van der Waals surface area contributed by atoms with Crippen molar-refractivity contribution in [2.24, 2.45) is 23.5 Å². The van der Waals surface area contributed by atoms with Gasteiger partial charge in [-0.15, -0.1) is 0 Å². The van der Waals surface area contributed by atoms with Gasteiger partial charge in [0.05, 0.1) is 13.7 Å². The summed E-state index contributed by atoms with van der Waals surface area (Å²) in [5, 5.41) is 6.18. The number of esters is 1. The van der Waals surface area contributed by atoms with Gasteiger partial charge in [-0.2, -0.15) is 0 Å². The summed E-state index contributed by atoms with van der Waals surface area (Å²) in [6.45, 7) is 0.336. The number of rotatable bonds is 8. The van der Waals surface area contributed by atoms with Crippen LogP contribution in [-0.4, -0.2) is 66.4 Å². The fourth-order valence-electron chi connectivity index (χ4n) is 7.13. The molecule has 0 aromatic rings. The van der Waals surface area contributed by atoms with Crippen LogP contribution in [0.1, 0.15) is 70.6 Å². The standard InChI is InChI=1S/C24H38N4O5/c1-33-21(30)6-5-18(26-23(32)19-4-2-3-7-28(19)20(29)14-25)22(31)27-24-11-15-8-16(12-24)10-17(9-15)13-24/h15-19H,2-14,25H2,1H3,(H,26,32)(H,27,31)/t15?,16?,17?,18-,19-,24?/m0/s1. The van der Waals surface area contributed by atoms with Crippen molar-refractivity contribution in [3.05, 3.63) is 0 Å². The molecule has 1 heterocycles. The Morgan fingerprint density at radius 3 is 2.27 bits per heavy atom. The Balaban J connectivity index is 1.45. The molecule has 184 valence electrons. The van der Waals surface area contributed by atoms with Crippen molar-refractivity contribution >= 4 is 23.7 Å². The quantitative estimate of drug-likeness (QED) is 0.459. The molecule has 1 saturated heterocycles. The van der Waals surface area contributed by atoms with Crippen LogP contribution >= 0.6 is 0 Å². The second-order valence-corrected chi connectivity index (χ2v) is 10.7. The minimum absolute atomic E-state index is 0.0336. The number of ether oxygens (including phenoxy) is 1. The van der Waals surface area contributed by atoms with Gasteiger partial charge in [-0.1, -0.05) is 0 Å². The molecule has 5 rings (SSSR count). The average molecular weight is 463 g/mol. The number of nitrogens with two attached hydrogens (primary N) is 1. The van der Waals surface area contributed by atoms with Crippen LogP contribution in [0.15, 0.2) is 0 Å². The highest BCUT2D eigenvalue weighted by Crippen LogP contribution is 2.55. The van der Waals surface area contributed by atoms with Crippen molar-refractivity contribution in [2.75, 3.05) is 20.2 Å². The molecule has 3 amide bonds. The van der Waals surface area contributed by atoms with Gasteiger partial charge in [-0.25, -0.2) is 0 Å². The number of nitrogens with one attached hydrogen (secondary N) is 2. The number of carbonyl (C=O) groups is 4. The zero-order valence-electron chi connectivity index (χ0n) is 19.6. The molecule has 4 bridgehead atoms. The second kappa shape index (κ2) is 9.99. The minimum Gasteiger partial charge on any atom is -0.469 e. The lowest BCUT2D eigenvalue weighted by Gasteiger charge is -2.57. The number of amides is 3. The van der Waals surface area contributed by atoms with Crippen molar-refractivity contribution in [3.8, 4) is 0 Å². The summed E-state index contributed by atoms with van der Waals surface area (Å²) >= 11 is 0. The van der Waals surface area contributed by atoms with E-state index in [1.165, 1.54) is 31.3 Å². The number of hydrogen-bond acceptors (Lipinski definition) is 6. The first-order valence-electron chi connectivity index (χ1n) is 12.5. The van der Waals surface area contributed by atoms with E-state index in [2.05, 4.69) is 10.6 Å². The number of likely N-dealkylation sites (tertiary alicyclic amines) is 1. The van der Waals surface area contributed by atoms with Crippen molar-refractivity contribution in [1.82, 2.24) is 15.5 Å². The van der Waals surface area contributed by atoms with Gasteiger partial charge in [0.2, 0.25) is 17.7 Å². The third-order valence-corrected chi connectivity index (χ3v) is 8.22. The van der Waals surface area contributed by atoms with Crippen molar-refractivity contribution in [1.29, 1.82) is 0 Å². The molecule has 0 aromatic heterocycles. The van der Waals surface area contributed by atoms with E-state index in [0.717, 1.165) is 32.1 Å². The smallest absolute Gasteiger partial charge is 0.305 e. The van der Waals surface area contributed by atoms with Crippen LogP contribution in [0.5, 0.6) is 0 Å². The number of carbonyl (C=O) groups excluding carboxylic acids is 4. The van der Waals surface area contributed by atoms with E-state index >= 15 is 0 Å². The number of methoxy groups -OCH3 is 1. The molecule has 0 aromatic carbocycles. The third kappa shape index (κ3) is 5.34. The summed E-state index contributed by atoms with van der Waals surface area (Å²) < 4.78 is 4.75. The van der Waals surface area contributed by atoms with Crippen LogP contribution in [0.4, 0.5) is 0 Å². The van der Waals surface area contributed by atoms with Gasteiger partial charge in [0.15, 0.2) is 0 Å². The number of piperidine rings is 1. The summed E-state index contributed by atoms with van der Waals surface area (Å²) in [7, 11) is 1.31. The molecule has 5 aliphatic rings. The summed E-state index contributed by atoms with van der Waals surface area (Å²) in [6, 6.07) is -1.48.